The molecule has 4 rings (SSSR count). The minimum Gasteiger partial charge on any atom is -0.506 e. The van der Waals surface area contributed by atoms with E-state index in [4.69, 9.17) is 4.74 Å². The standard InChI is InChI=1S/C25H20Br2O6/c1-10-8-12(3)21(28)19(26)17(10)25(18-11(2)9-13(4)22(29)20(18)27)15-7-5-6-14(23(30)31)16(15)24(32)33-25/h5-9,28-29H,1-4H3,(H,30,31). The van der Waals surface area contributed by atoms with Crippen molar-refractivity contribution in [1.82, 2.24) is 0 Å². The van der Waals surface area contributed by atoms with Crippen molar-refractivity contribution < 1.29 is 29.6 Å². The number of carbonyl (C=O) groups excluding carboxylic acids is 1. The van der Waals surface area contributed by atoms with Crippen LogP contribution < -0.4 is 0 Å². The molecular weight excluding hydrogens is 556 g/mol. The number of carbonyl (C=O) groups is 2. The maximum Gasteiger partial charge on any atom is 0.341 e. The Labute approximate surface area is 207 Å². The van der Waals surface area contributed by atoms with Crippen LogP contribution in [0, 0.1) is 27.7 Å². The second-order valence-corrected chi connectivity index (χ2v) is 9.79. The van der Waals surface area contributed by atoms with Crippen LogP contribution in [-0.4, -0.2) is 27.3 Å². The number of aromatic hydroxyl groups is 2. The molecule has 3 aromatic rings. The molecule has 3 N–H and O–H groups in total. The van der Waals surface area contributed by atoms with E-state index < -0.39 is 17.5 Å². The normalized spacial score (nSPS) is 14.2. The first kappa shape index (κ1) is 23.3. The predicted molar refractivity (Wildman–Crippen MR) is 129 cm³/mol. The Morgan fingerprint density at radius 1 is 0.879 bits per heavy atom. The number of halogens is 2. The summed E-state index contributed by atoms with van der Waals surface area (Å²) in [5.41, 5.74) is 1.92. The summed E-state index contributed by atoms with van der Waals surface area (Å²) in [6.07, 6.45) is 0. The van der Waals surface area contributed by atoms with Crippen LogP contribution in [0.15, 0.2) is 39.3 Å². The number of aromatic carboxylic acids is 1. The van der Waals surface area contributed by atoms with Crippen LogP contribution in [0.4, 0.5) is 0 Å². The van der Waals surface area contributed by atoms with E-state index in [1.807, 2.05) is 13.8 Å². The van der Waals surface area contributed by atoms with Crippen molar-refractivity contribution in [1.29, 1.82) is 0 Å². The molecule has 0 saturated carbocycles. The van der Waals surface area contributed by atoms with E-state index in [0.717, 1.165) is 0 Å². The first-order valence-corrected chi connectivity index (χ1v) is 11.6. The van der Waals surface area contributed by atoms with Crippen molar-refractivity contribution in [2.24, 2.45) is 0 Å². The van der Waals surface area contributed by atoms with Crippen LogP contribution in [0.2, 0.25) is 0 Å². The van der Waals surface area contributed by atoms with Gasteiger partial charge in [-0.25, -0.2) is 9.59 Å². The SMILES string of the molecule is Cc1cc(C)c(C2(c3c(C)cc(C)c(O)c3Br)OC(=O)c3c(C(=O)O)cccc32)c(Br)c1O. The average molecular weight is 576 g/mol. The summed E-state index contributed by atoms with van der Waals surface area (Å²) in [5.74, 6) is -2.12. The summed E-state index contributed by atoms with van der Waals surface area (Å²) >= 11 is 6.98. The van der Waals surface area contributed by atoms with Crippen molar-refractivity contribution in [3.63, 3.8) is 0 Å². The third-order valence-electron chi connectivity index (χ3n) is 6.08. The molecule has 0 fully saturated rings. The lowest BCUT2D eigenvalue weighted by Crippen LogP contribution is -2.32. The van der Waals surface area contributed by atoms with E-state index in [1.54, 1.807) is 38.1 Å². The molecule has 0 unspecified atom stereocenters. The zero-order valence-corrected chi connectivity index (χ0v) is 21.4. The van der Waals surface area contributed by atoms with Crippen molar-refractivity contribution in [2.45, 2.75) is 33.3 Å². The minimum atomic E-state index is -1.64. The number of esters is 1. The first-order valence-electron chi connectivity index (χ1n) is 10.0. The molecule has 170 valence electrons. The largest absolute Gasteiger partial charge is 0.506 e. The van der Waals surface area contributed by atoms with E-state index in [9.17, 15) is 24.9 Å². The van der Waals surface area contributed by atoms with Crippen LogP contribution in [-0.2, 0) is 10.3 Å². The average Bonchev–Trinajstić information content (AvgIpc) is 3.03. The smallest absolute Gasteiger partial charge is 0.341 e. The summed E-state index contributed by atoms with van der Waals surface area (Å²) in [6, 6.07) is 8.07. The van der Waals surface area contributed by atoms with Crippen LogP contribution in [0.3, 0.4) is 0 Å². The molecule has 0 aliphatic carbocycles. The van der Waals surface area contributed by atoms with Gasteiger partial charge in [0.2, 0.25) is 0 Å². The topological polar surface area (TPSA) is 104 Å². The van der Waals surface area contributed by atoms with Gasteiger partial charge in [0.05, 0.1) is 20.1 Å². The molecule has 0 radical (unpaired) electrons. The van der Waals surface area contributed by atoms with Gasteiger partial charge < -0.3 is 20.1 Å². The Morgan fingerprint density at radius 2 is 1.36 bits per heavy atom. The van der Waals surface area contributed by atoms with Crippen LogP contribution in [0.5, 0.6) is 11.5 Å². The Kier molecular flexibility index (Phi) is 5.57. The highest BCUT2D eigenvalue weighted by atomic mass is 79.9. The number of cyclic esters (lactones) is 1. The number of phenols is 2. The molecule has 8 heteroatoms. The number of ether oxygens (including phenoxy) is 1. The number of fused-ring (bicyclic) bond motifs is 1. The number of hydrogen-bond donors (Lipinski definition) is 3. The fourth-order valence-electron chi connectivity index (χ4n) is 4.71. The third-order valence-corrected chi connectivity index (χ3v) is 7.63. The van der Waals surface area contributed by atoms with Crippen molar-refractivity contribution in [3.8, 4) is 11.5 Å². The quantitative estimate of drug-likeness (QED) is 0.330. The maximum atomic E-state index is 13.3. The molecule has 6 nitrogen and oxygen atoms in total. The van der Waals surface area contributed by atoms with Crippen LogP contribution in [0.1, 0.15) is 59.7 Å². The van der Waals surface area contributed by atoms with Gasteiger partial charge in [0, 0.05) is 16.7 Å². The van der Waals surface area contributed by atoms with Crippen molar-refractivity contribution in [3.05, 3.63) is 89.3 Å². The molecule has 0 bridgehead atoms. The lowest BCUT2D eigenvalue weighted by atomic mass is 9.75. The van der Waals surface area contributed by atoms with Gasteiger partial charge in [-0.1, -0.05) is 24.3 Å². The highest BCUT2D eigenvalue weighted by Crippen LogP contribution is 2.56. The molecule has 1 heterocycles. The molecule has 0 spiro atoms. The van der Waals surface area contributed by atoms with Gasteiger partial charge in [0.15, 0.2) is 5.60 Å². The van der Waals surface area contributed by atoms with Gasteiger partial charge in [-0.15, -0.1) is 0 Å². The third kappa shape index (κ3) is 3.19. The molecule has 33 heavy (non-hydrogen) atoms. The Bertz CT molecular complexity index is 1310. The number of aryl methyl sites for hydroxylation is 4. The number of rotatable bonds is 3. The fraction of sp³-hybridized carbons (Fsp3) is 0.200. The van der Waals surface area contributed by atoms with E-state index >= 15 is 0 Å². The molecule has 3 aromatic carbocycles. The van der Waals surface area contributed by atoms with Gasteiger partial charge in [-0.3, -0.25) is 0 Å². The number of phenolic OH excluding ortho intramolecular Hbond substituents is 2. The second kappa shape index (κ2) is 7.88. The number of carboxylic acids is 1. The lowest BCUT2D eigenvalue weighted by molar-refractivity contribution is 0.0240. The van der Waals surface area contributed by atoms with Gasteiger partial charge in [-0.05, 0) is 87.9 Å². The fourth-order valence-corrected chi connectivity index (χ4v) is 6.52. The van der Waals surface area contributed by atoms with Crippen LogP contribution >= 0.6 is 31.9 Å². The Hall–Kier alpha value is -2.84. The minimum absolute atomic E-state index is 0.0287. The van der Waals surface area contributed by atoms with Gasteiger partial charge in [0.1, 0.15) is 11.5 Å². The summed E-state index contributed by atoms with van der Waals surface area (Å²) in [6.45, 7) is 7.13. The number of carboxylic acid groups (broad SMARTS) is 1. The molecule has 1 aliphatic heterocycles. The first-order chi connectivity index (χ1) is 15.4. The summed E-state index contributed by atoms with van der Waals surface area (Å²) in [5, 5.41) is 31.3. The zero-order valence-electron chi connectivity index (χ0n) is 18.2. The molecular formula is C25H20Br2O6. The van der Waals surface area contributed by atoms with E-state index in [1.165, 1.54) is 6.07 Å². The van der Waals surface area contributed by atoms with E-state index in [0.29, 0.717) is 47.9 Å². The molecule has 1 aliphatic rings. The van der Waals surface area contributed by atoms with Crippen molar-refractivity contribution >= 4 is 43.8 Å². The Morgan fingerprint density at radius 3 is 1.82 bits per heavy atom. The van der Waals surface area contributed by atoms with Gasteiger partial charge in [0.25, 0.3) is 0 Å². The molecule has 0 amide bonds. The Balaban J connectivity index is 2.28. The number of hydrogen-bond acceptors (Lipinski definition) is 5. The predicted octanol–water partition coefficient (Wildman–Crippen LogP) is 6.02. The van der Waals surface area contributed by atoms with E-state index in [2.05, 4.69) is 31.9 Å². The number of benzene rings is 3. The summed E-state index contributed by atoms with van der Waals surface area (Å²) in [4.78, 5) is 25.2. The highest BCUT2D eigenvalue weighted by molar-refractivity contribution is 9.11. The van der Waals surface area contributed by atoms with Crippen LogP contribution in [0.25, 0.3) is 0 Å². The lowest BCUT2D eigenvalue weighted by Gasteiger charge is -2.35. The molecule has 0 atom stereocenters. The second-order valence-electron chi connectivity index (χ2n) is 8.20. The van der Waals surface area contributed by atoms with Gasteiger partial charge >= 0.3 is 11.9 Å². The highest BCUT2D eigenvalue weighted by Gasteiger charge is 2.54. The molecule has 0 aromatic heterocycles. The monoisotopic (exact) mass is 574 g/mol. The summed E-state index contributed by atoms with van der Waals surface area (Å²) < 4.78 is 6.74. The zero-order chi connectivity index (χ0) is 24.4. The summed E-state index contributed by atoms with van der Waals surface area (Å²) in [7, 11) is 0. The van der Waals surface area contributed by atoms with Crippen molar-refractivity contribution in [2.75, 3.05) is 0 Å². The van der Waals surface area contributed by atoms with Gasteiger partial charge in [-0.2, -0.15) is 0 Å². The van der Waals surface area contributed by atoms with E-state index in [-0.39, 0.29) is 22.6 Å². The molecule has 0 saturated heterocycles. The maximum absolute atomic E-state index is 13.3.